The van der Waals surface area contributed by atoms with Gasteiger partial charge in [0, 0.05) is 13.0 Å². The molecule has 0 bridgehead atoms. The van der Waals surface area contributed by atoms with Gasteiger partial charge >= 0.3 is 12.1 Å². The van der Waals surface area contributed by atoms with Crippen molar-refractivity contribution in [3.05, 3.63) is 35.4 Å². The van der Waals surface area contributed by atoms with Crippen LogP contribution in [0.25, 0.3) is 0 Å². The Morgan fingerprint density at radius 2 is 1.79 bits per heavy atom. The van der Waals surface area contributed by atoms with Crippen LogP contribution in [0.15, 0.2) is 24.3 Å². The zero-order valence-electron chi connectivity index (χ0n) is 15.0. The Balaban J connectivity index is 2.87. The quantitative estimate of drug-likeness (QED) is 0.775. The van der Waals surface area contributed by atoms with Crippen molar-refractivity contribution in [2.24, 2.45) is 0 Å². The Kier molecular flexibility index (Phi) is 7.71. The lowest BCUT2D eigenvalue weighted by molar-refractivity contribution is -0.143. The molecule has 0 aliphatic carbocycles. The second-order valence-corrected chi connectivity index (χ2v) is 6.33. The molecule has 0 aliphatic rings. The third-order valence-corrected chi connectivity index (χ3v) is 3.18. The van der Waals surface area contributed by atoms with Crippen molar-refractivity contribution in [3.63, 3.8) is 0 Å². The summed E-state index contributed by atoms with van der Waals surface area (Å²) in [4.78, 5) is 24.0. The van der Waals surface area contributed by atoms with Crippen molar-refractivity contribution in [2.75, 3.05) is 13.7 Å². The number of amides is 1. The summed E-state index contributed by atoms with van der Waals surface area (Å²) in [5.74, 6) is -0.521. The highest BCUT2D eigenvalue weighted by atomic mass is 16.6. The van der Waals surface area contributed by atoms with Crippen molar-refractivity contribution < 1.29 is 23.8 Å². The van der Waals surface area contributed by atoms with E-state index in [-0.39, 0.29) is 0 Å². The zero-order chi connectivity index (χ0) is 18.2. The maximum absolute atomic E-state index is 12.0. The molecule has 0 saturated heterocycles. The fraction of sp³-hybridized carbons (Fsp3) is 0.556. The van der Waals surface area contributed by atoms with E-state index in [9.17, 15) is 9.59 Å². The third kappa shape index (κ3) is 7.00. The van der Waals surface area contributed by atoms with Crippen molar-refractivity contribution >= 4 is 12.1 Å². The van der Waals surface area contributed by atoms with Crippen molar-refractivity contribution in [3.8, 4) is 0 Å². The van der Waals surface area contributed by atoms with Crippen molar-refractivity contribution in [1.29, 1.82) is 0 Å². The molecule has 24 heavy (non-hydrogen) atoms. The van der Waals surface area contributed by atoms with Gasteiger partial charge in [0.05, 0.1) is 13.7 Å². The number of methoxy groups -OCH3 is 1. The normalized spacial score (nSPS) is 12.4. The van der Waals surface area contributed by atoms with Gasteiger partial charge in [-0.15, -0.1) is 0 Å². The van der Waals surface area contributed by atoms with Gasteiger partial charge in [0.25, 0.3) is 0 Å². The molecule has 0 aromatic heterocycles. The summed E-state index contributed by atoms with van der Waals surface area (Å²) in [7, 11) is 1.29. The van der Waals surface area contributed by atoms with Crippen molar-refractivity contribution in [1.82, 2.24) is 5.32 Å². The van der Waals surface area contributed by atoms with E-state index in [0.717, 1.165) is 11.1 Å². The van der Waals surface area contributed by atoms with Crippen LogP contribution in [-0.4, -0.2) is 37.4 Å². The number of ether oxygens (including phenoxy) is 3. The summed E-state index contributed by atoms with van der Waals surface area (Å²) < 4.78 is 15.5. The highest BCUT2D eigenvalue weighted by molar-refractivity contribution is 5.81. The van der Waals surface area contributed by atoms with Gasteiger partial charge in [-0.3, -0.25) is 0 Å². The predicted octanol–water partition coefficient (Wildman–Crippen LogP) is 2.83. The number of nitrogens with one attached hydrogen (secondary N) is 1. The first-order valence-corrected chi connectivity index (χ1v) is 7.98. The van der Waals surface area contributed by atoms with Gasteiger partial charge in [-0.05, 0) is 38.8 Å². The molecule has 6 heteroatoms. The summed E-state index contributed by atoms with van der Waals surface area (Å²) in [6.45, 7) is 8.26. The molecule has 134 valence electrons. The van der Waals surface area contributed by atoms with E-state index in [0.29, 0.717) is 19.6 Å². The summed E-state index contributed by atoms with van der Waals surface area (Å²) in [5.41, 5.74) is 1.24. The van der Waals surface area contributed by atoms with E-state index in [1.165, 1.54) is 7.11 Å². The first-order chi connectivity index (χ1) is 11.3. The van der Waals surface area contributed by atoms with E-state index in [4.69, 9.17) is 14.2 Å². The zero-order valence-corrected chi connectivity index (χ0v) is 15.0. The lowest BCUT2D eigenvalue weighted by Gasteiger charge is -2.23. The number of hydrogen-bond donors (Lipinski definition) is 1. The highest BCUT2D eigenvalue weighted by Crippen LogP contribution is 2.14. The van der Waals surface area contributed by atoms with Gasteiger partial charge in [0.15, 0.2) is 0 Å². The van der Waals surface area contributed by atoms with Crippen LogP contribution in [-0.2, 0) is 32.0 Å². The van der Waals surface area contributed by atoms with Crippen LogP contribution in [0.4, 0.5) is 4.79 Å². The lowest BCUT2D eigenvalue weighted by Crippen LogP contribution is -2.45. The number of rotatable bonds is 7. The first-order valence-electron chi connectivity index (χ1n) is 7.98. The maximum Gasteiger partial charge on any atom is 0.408 e. The molecule has 0 unspecified atom stereocenters. The predicted molar refractivity (Wildman–Crippen MR) is 90.6 cm³/mol. The third-order valence-electron chi connectivity index (χ3n) is 3.18. The smallest absolute Gasteiger partial charge is 0.408 e. The number of esters is 1. The number of alkyl carbamates (subject to hydrolysis) is 1. The van der Waals surface area contributed by atoms with Gasteiger partial charge < -0.3 is 19.5 Å². The molecule has 0 heterocycles. The van der Waals surface area contributed by atoms with Crippen LogP contribution in [0.1, 0.15) is 38.8 Å². The first kappa shape index (κ1) is 20.0. The van der Waals surface area contributed by atoms with Gasteiger partial charge in [-0.1, -0.05) is 24.3 Å². The summed E-state index contributed by atoms with van der Waals surface area (Å²) >= 11 is 0. The molecule has 1 rings (SSSR count). The highest BCUT2D eigenvalue weighted by Gasteiger charge is 2.26. The monoisotopic (exact) mass is 337 g/mol. The largest absolute Gasteiger partial charge is 0.467 e. The van der Waals surface area contributed by atoms with Crippen LogP contribution in [0.3, 0.4) is 0 Å². The van der Waals surface area contributed by atoms with E-state index >= 15 is 0 Å². The fourth-order valence-electron chi connectivity index (χ4n) is 2.11. The summed E-state index contributed by atoms with van der Waals surface area (Å²) in [5, 5.41) is 2.58. The van der Waals surface area contributed by atoms with Gasteiger partial charge in [0.2, 0.25) is 0 Å². The van der Waals surface area contributed by atoms with Gasteiger partial charge in [0.1, 0.15) is 11.6 Å². The Labute approximate surface area is 143 Å². The number of benzene rings is 1. The molecule has 1 amide bonds. The summed E-state index contributed by atoms with van der Waals surface area (Å²) in [6, 6.07) is 6.81. The number of hydrogen-bond acceptors (Lipinski definition) is 5. The average molecular weight is 337 g/mol. The topological polar surface area (TPSA) is 73.9 Å². The van der Waals surface area contributed by atoms with E-state index in [2.05, 4.69) is 5.32 Å². The molecule has 1 aromatic rings. The molecule has 0 radical (unpaired) electrons. The van der Waals surface area contributed by atoms with E-state index < -0.39 is 23.7 Å². The van der Waals surface area contributed by atoms with Gasteiger partial charge in [-0.2, -0.15) is 0 Å². The second kappa shape index (κ2) is 9.27. The minimum atomic E-state index is -0.826. The number of carbonyl (C=O) groups excluding carboxylic acids is 2. The molecule has 0 saturated carbocycles. The minimum Gasteiger partial charge on any atom is -0.467 e. The Hall–Kier alpha value is -2.08. The molecule has 6 nitrogen and oxygen atoms in total. The molecule has 0 fully saturated rings. The minimum absolute atomic E-state index is 0.301. The van der Waals surface area contributed by atoms with Crippen LogP contribution < -0.4 is 5.32 Å². The summed E-state index contributed by atoms with van der Waals surface area (Å²) in [6.07, 6.45) is -0.352. The molecule has 1 N–H and O–H groups in total. The number of carbonyl (C=O) groups is 2. The Morgan fingerprint density at radius 1 is 1.17 bits per heavy atom. The lowest BCUT2D eigenvalue weighted by atomic mass is 10.0. The second-order valence-electron chi connectivity index (χ2n) is 6.33. The fourth-order valence-corrected chi connectivity index (χ4v) is 2.11. The maximum atomic E-state index is 12.0. The standard InChI is InChI=1S/C18H27NO5/c1-6-23-12-14-10-8-7-9-13(14)11-15(16(20)22-5)19-17(21)24-18(2,3)4/h7-10,15H,6,11-12H2,1-5H3,(H,19,21)/t15-/m0/s1. The Bertz CT molecular complexity index is 551. The molecule has 1 atom stereocenters. The van der Waals surface area contributed by atoms with Crippen LogP contribution >= 0.6 is 0 Å². The Morgan fingerprint density at radius 3 is 2.33 bits per heavy atom. The molecular formula is C18H27NO5. The molecular weight excluding hydrogens is 310 g/mol. The molecule has 1 aromatic carbocycles. The molecule has 0 aliphatic heterocycles. The van der Waals surface area contributed by atoms with Crippen molar-refractivity contribution in [2.45, 2.75) is 52.4 Å². The SMILES string of the molecule is CCOCc1ccccc1C[C@H](NC(=O)OC(C)(C)C)C(=O)OC. The van der Waals surface area contributed by atoms with Gasteiger partial charge in [-0.25, -0.2) is 9.59 Å². The average Bonchev–Trinajstić information content (AvgIpc) is 2.50. The van der Waals surface area contributed by atoms with Crippen LogP contribution in [0.5, 0.6) is 0 Å². The van der Waals surface area contributed by atoms with Crippen LogP contribution in [0.2, 0.25) is 0 Å². The van der Waals surface area contributed by atoms with E-state index in [1.807, 2.05) is 31.2 Å². The van der Waals surface area contributed by atoms with Crippen LogP contribution in [0, 0.1) is 0 Å². The van der Waals surface area contributed by atoms with E-state index in [1.54, 1.807) is 20.8 Å². The molecule has 0 spiro atoms.